The maximum Gasteiger partial charge on any atom is 0.174 e. The van der Waals surface area contributed by atoms with Crippen LogP contribution < -0.4 is 0 Å². The molecule has 0 spiro atoms. The molecule has 0 radical (unpaired) electrons. The van der Waals surface area contributed by atoms with Gasteiger partial charge in [-0.1, -0.05) is 12.2 Å². The highest BCUT2D eigenvalue weighted by molar-refractivity contribution is 6.06. The summed E-state index contributed by atoms with van der Waals surface area (Å²) in [6.45, 7) is 3.86. The molecule has 0 unspecified atom stereocenters. The number of allylic oxidation sites excluding steroid dienone is 1. The molecule has 12 heavy (non-hydrogen) atoms. The van der Waals surface area contributed by atoms with Gasteiger partial charge in [0, 0.05) is 28.9 Å². The standard InChI is InChI=1S/C10H11NO/c1-10(2)4-3-7-5-11-6-8(7)9(10)12/h3-6,11H,1-2H3. The number of carbonyl (C=O) groups is 1. The number of ketones is 1. The molecule has 0 bridgehead atoms. The molecule has 2 nitrogen and oxygen atoms in total. The van der Waals surface area contributed by atoms with E-state index in [-0.39, 0.29) is 11.2 Å². The first-order valence-corrected chi connectivity index (χ1v) is 4.02. The van der Waals surface area contributed by atoms with Crippen LogP contribution in [0.2, 0.25) is 0 Å². The fourth-order valence-electron chi connectivity index (χ4n) is 1.43. The van der Waals surface area contributed by atoms with Gasteiger partial charge in [0.25, 0.3) is 0 Å². The van der Waals surface area contributed by atoms with Gasteiger partial charge >= 0.3 is 0 Å². The molecule has 0 saturated carbocycles. The van der Waals surface area contributed by atoms with Gasteiger partial charge in [-0.2, -0.15) is 0 Å². The maximum absolute atomic E-state index is 11.7. The van der Waals surface area contributed by atoms with Crippen LogP contribution in [0.1, 0.15) is 29.8 Å². The monoisotopic (exact) mass is 161 g/mol. The van der Waals surface area contributed by atoms with Crippen molar-refractivity contribution >= 4 is 11.9 Å². The number of carbonyl (C=O) groups excluding carboxylic acids is 1. The highest BCUT2D eigenvalue weighted by Crippen LogP contribution is 2.31. The molecule has 0 atom stereocenters. The first-order valence-electron chi connectivity index (χ1n) is 4.02. The molecule has 0 amide bonds. The average Bonchev–Trinajstić information content (AvgIpc) is 2.45. The highest BCUT2D eigenvalue weighted by atomic mass is 16.1. The number of hydrogen-bond donors (Lipinski definition) is 1. The molecule has 2 rings (SSSR count). The summed E-state index contributed by atoms with van der Waals surface area (Å²) < 4.78 is 0. The number of aromatic amines is 1. The Kier molecular flexibility index (Phi) is 1.28. The van der Waals surface area contributed by atoms with Crippen molar-refractivity contribution in [3.05, 3.63) is 29.6 Å². The van der Waals surface area contributed by atoms with E-state index < -0.39 is 0 Å². The summed E-state index contributed by atoms with van der Waals surface area (Å²) in [5.74, 6) is 0.196. The quantitative estimate of drug-likeness (QED) is 0.622. The molecule has 1 aliphatic rings. The van der Waals surface area contributed by atoms with Crippen LogP contribution in [0, 0.1) is 5.41 Å². The maximum atomic E-state index is 11.7. The number of fused-ring (bicyclic) bond motifs is 1. The van der Waals surface area contributed by atoms with Gasteiger partial charge in [-0.05, 0) is 13.8 Å². The van der Waals surface area contributed by atoms with Crippen molar-refractivity contribution in [1.29, 1.82) is 0 Å². The smallest absolute Gasteiger partial charge is 0.174 e. The number of nitrogens with one attached hydrogen (secondary N) is 1. The number of aromatic nitrogens is 1. The summed E-state index contributed by atoms with van der Waals surface area (Å²) in [6.07, 6.45) is 7.56. The topological polar surface area (TPSA) is 32.9 Å². The van der Waals surface area contributed by atoms with Crippen LogP contribution in [-0.2, 0) is 0 Å². The molecule has 1 aromatic heterocycles. The second kappa shape index (κ2) is 2.09. The van der Waals surface area contributed by atoms with Gasteiger partial charge in [-0.25, -0.2) is 0 Å². The van der Waals surface area contributed by atoms with Crippen LogP contribution in [0.25, 0.3) is 6.08 Å². The Labute approximate surface area is 71.3 Å². The van der Waals surface area contributed by atoms with E-state index in [0.717, 1.165) is 11.1 Å². The lowest BCUT2D eigenvalue weighted by molar-refractivity contribution is 0.0883. The molecule has 1 aliphatic carbocycles. The molecular weight excluding hydrogens is 150 g/mol. The van der Waals surface area contributed by atoms with Crippen LogP contribution in [-0.4, -0.2) is 10.8 Å². The molecule has 0 saturated heterocycles. The van der Waals surface area contributed by atoms with Crippen molar-refractivity contribution in [1.82, 2.24) is 4.98 Å². The fourth-order valence-corrected chi connectivity index (χ4v) is 1.43. The summed E-state index contributed by atoms with van der Waals surface area (Å²) >= 11 is 0. The third-order valence-corrected chi connectivity index (χ3v) is 2.29. The fraction of sp³-hybridized carbons (Fsp3) is 0.300. The lowest BCUT2D eigenvalue weighted by Gasteiger charge is -2.21. The number of Topliss-reactive ketones (excluding diaryl/α,β-unsaturated/α-hetero) is 1. The number of hydrogen-bond acceptors (Lipinski definition) is 1. The average molecular weight is 161 g/mol. The molecule has 62 valence electrons. The molecule has 0 aromatic carbocycles. The van der Waals surface area contributed by atoms with Crippen LogP contribution in [0.4, 0.5) is 0 Å². The van der Waals surface area contributed by atoms with Crippen molar-refractivity contribution in [2.75, 3.05) is 0 Å². The van der Waals surface area contributed by atoms with E-state index in [1.54, 1.807) is 6.20 Å². The van der Waals surface area contributed by atoms with Gasteiger partial charge in [-0.15, -0.1) is 0 Å². The van der Waals surface area contributed by atoms with Crippen molar-refractivity contribution < 1.29 is 4.79 Å². The van der Waals surface area contributed by atoms with E-state index in [9.17, 15) is 4.79 Å². The molecule has 1 aromatic rings. The number of H-pyrrole nitrogens is 1. The van der Waals surface area contributed by atoms with Crippen LogP contribution in [0.15, 0.2) is 18.5 Å². The van der Waals surface area contributed by atoms with Gasteiger partial charge in [-0.3, -0.25) is 4.79 Å². The molecule has 1 heterocycles. The van der Waals surface area contributed by atoms with Gasteiger partial charge in [0.2, 0.25) is 0 Å². The Morgan fingerprint density at radius 3 is 2.83 bits per heavy atom. The summed E-state index contributed by atoms with van der Waals surface area (Å²) in [4.78, 5) is 14.7. The minimum Gasteiger partial charge on any atom is -0.366 e. The summed E-state index contributed by atoms with van der Waals surface area (Å²) in [6, 6.07) is 0. The zero-order chi connectivity index (χ0) is 8.77. The van der Waals surface area contributed by atoms with Crippen molar-refractivity contribution in [3.63, 3.8) is 0 Å². The lowest BCUT2D eigenvalue weighted by atomic mass is 9.80. The Morgan fingerprint density at radius 2 is 2.08 bits per heavy atom. The zero-order valence-electron chi connectivity index (χ0n) is 7.22. The first-order chi connectivity index (χ1) is 5.61. The van der Waals surface area contributed by atoms with Crippen LogP contribution >= 0.6 is 0 Å². The highest BCUT2D eigenvalue weighted by Gasteiger charge is 2.30. The summed E-state index contributed by atoms with van der Waals surface area (Å²) in [5, 5.41) is 0. The van der Waals surface area contributed by atoms with Crippen LogP contribution in [0.3, 0.4) is 0 Å². The Balaban J connectivity index is 2.60. The normalized spacial score (nSPS) is 19.3. The van der Waals surface area contributed by atoms with Gasteiger partial charge in [0.1, 0.15) is 0 Å². The van der Waals surface area contributed by atoms with Crippen molar-refractivity contribution in [3.8, 4) is 0 Å². The molecule has 0 aliphatic heterocycles. The van der Waals surface area contributed by atoms with E-state index in [4.69, 9.17) is 0 Å². The van der Waals surface area contributed by atoms with Crippen LogP contribution in [0.5, 0.6) is 0 Å². The second-order valence-corrected chi connectivity index (χ2v) is 3.71. The second-order valence-electron chi connectivity index (χ2n) is 3.71. The predicted octanol–water partition coefficient (Wildman–Crippen LogP) is 2.25. The largest absolute Gasteiger partial charge is 0.366 e. The third-order valence-electron chi connectivity index (χ3n) is 2.29. The Morgan fingerprint density at radius 1 is 1.33 bits per heavy atom. The third kappa shape index (κ3) is 0.843. The van der Waals surface area contributed by atoms with E-state index in [0.29, 0.717) is 0 Å². The van der Waals surface area contributed by atoms with Gasteiger partial charge < -0.3 is 4.98 Å². The van der Waals surface area contributed by atoms with E-state index in [1.807, 2.05) is 32.2 Å². The minimum absolute atomic E-state index is 0.196. The lowest BCUT2D eigenvalue weighted by Crippen LogP contribution is -2.24. The molecule has 1 N–H and O–H groups in total. The zero-order valence-corrected chi connectivity index (χ0v) is 7.22. The van der Waals surface area contributed by atoms with Crippen molar-refractivity contribution in [2.45, 2.75) is 13.8 Å². The predicted molar refractivity (Wildman–Crippen MR) is 47.9 cm³/mol. The summed E-state index contributed by atoms with van der Waals surface area (Å²) in [7, 11) is 0. The SMILES string of the molecule is CC1(C)C=Cc2c[nH]cc2C1=O. The van der Waals surface area contributed by atoms with Crippen molar-refractivity contribution in [2.24, 2.45) is 5.41 Å². The summed E-state index contributed by atoms with van der Waals surface area (Å²) in [5.41, 5.74) is 1.47. The Bertz CT molecular complexity index is 358. The Hall–Kier alpha value is -1.31. The first kappa shape index (κ1) is 7.35. The molecule has 2 heteroatoms. The minimum atomic E-state index is -0.338. The molecule has 0 fully saturated rings. The molecular formula is C10H11NO. The van der Waals surface area contributed by atoms with Gasteiger partial charge in [0.05, 0.1) is 0 Å². The number of rotatable bonds is 0. The van der Waals surface area contributed by atoms with E-state index in [2.05, 4.69) is 4.98 Å². The van der Waals surface area contributed by atoms with E-state index in [1.165, 1.54) is 0 Å². The van der Waals surface area contributed by atoms with E-state index >= 15 is 0 Å². The van der Waals surface area contributed by atoms with Gasteiger partial charge in [0.15, 0.2) is 5.78 Å².